The molecule has 2 aliphatic carbocycles. The fourth-order valence-corrected chi connectivity index (χ4v) is 2.57. The summed E-state index contributed by atoms with van der Waals surface area (Å²) < 4.78 is 5.10. The molecule has 19 heavy (non-hydrogen) atoms. The Morgan fingerprint density at radius 1 is 1.47 bits per heavy atom. The number of carbonyl (C=O) groups is 1. The number of aliphatic hydroxyl groups is 1. The lowest BCUT2D eigenvalue weighted by atomic mass is 9.97. The Bertz CT molecular complexity index is 327. The first-order valence-electron chi connectivity index (χ1n) is 7.19. The lowest BCUT2D eigenvalue weighted by molar-refractivity contribution is 0.152. The summed E-state index contributed by atoms with van der Waals surface area (Å²) in [6.45, 7) is 3.37. The Labute approximate surface area is 115 Å². The van der Waals surface area contributed by atoms with Crippen LogP contribution in [0.15, 0.2) is 0 Å². The minimum Gasteiger partial charge on any atom is -0.394 e. The van der Waals surface area contributed by atoms with Gasteiger partial charge in [0, 0.05) is 20.3 Å². The maximum Gasteiger partial charge on any atom is 0.315 e. The number of nitrogens with one attached hydrogen (secondary N) is 2. The van der Waals surface area contributed by atoms with Crippen molar-refractivity contribution in [1.82, 2.24) is 10.6 Å². The van der Waals surface area contributed by atoms with Gasteiger partial charge in [-0.1, -0.05) is 0 Å². The first kappa shape index (κ1) is 14.6. The first-order chi connectivity index (χ1) is 9.03. The molecular formula is C14H26N2O3. The molecule has 2 rings (SSSR count). The molecule has 5 nitrogen and oxygen atoms in total. The molecule has 0 spiro atoms. The normalized spacial score (nSPS) is 23.5. The highest BCUT2D eigenvalue weighted by atomic mass is 16.5. The van der Waals surface area contributed by atoms with Gasteiger partial charge in [0.2, 0.25) is 0 Å². The van der Waals surface area contributed by atoms with E-state index in [-0.39, 0.29) is 18.1 Å². The molecule has 2 fully saturated rings. The van der Waals surface area contributed by atoms with Crippen LogP contribution in [0.4, 0.5) is 4.79 Å². The molecule has 110 valence electrons. The first-order valence-corrected chi connectivity index (χ1v) is 7.19. The molecule has 1 atom stereocenters. The van der Waals surface area contributed by atoms with Gasteiger partial charge in [-0.25, -0.2) is 4.79 Å². The van der Waals surface area contributed by atoms with Crippen molar-refractivity contribution in [2.75, 3.05) is 26.9 Å². The molecule has 1 unspecified atom stereocenters. The van der Waals surface area contributed by atoms with Crippen LogP contribution in [0.25, 0.3) is 0 Å². The third-order valence-electron chi connectivity index (χ3n) is 4.62. The Kier molecular flexibility index (Phi) is 4.36. The molecule has 0 saturated heterocycles. The van der Waals surface area contributed by atoms with Crippen molar-refractivity contribution in [3.8, 4) is 0 Å². The largest absolute Gasteiger partial charge is 0.394 e. The van der Waals surface area contributed by atoms with E-state index in [1.165, 1.54) is 0 Å². The van der Waals surface area contributed by atoms with Crippen LogP contribution in [-0.4, -0.2) is 43.5 Å². The zero-order valence-corrected chi connectivity index (χ0v) is 12.0. The number of hydrogen-bond donors (Lipinski definition) is 3. The number of ether oxygens (including phenoxy) is 1. The molecule has 0 aromatic heterocycles. The number of carbonyl (C=O) groups excluding carboxylic acids is 1. The second-order valence-corrected chi connectivity index (χ2v) is 6.40. The van der Waals surface area contributed by atoms with Crippen molar-refractivity contribution in [3.05, 3.63) is 0 Å². The van der Waals surface area contributed by atoms with Crippen LogP contribution in [0, 0.1) is 11.3 Å². The Morgan fingerprint density at radius 2 is 2.16 bits per heavy atom. The standard InChI is InChI=1S/C14H26N2O3/c1-13(10-17,11-3-4-11)16-12(18)15-9-14(5-6-14)7-8-19-2/h11,17H,3-10H2,1-2H3,(H2,15,16,18). The number of methoxy groups -OCH3 is 1. The van der Waals surface area contributed by atoms with Gasteiger partial charge in [0.15, 0.2) is 0 Å². The van der Waals surface area contributed by atoms with E-state index in [0.29, 0.717) is 12.5 Å². The summed E-state index contributed by atoms with van der Waals surface area (Å²) in [6, 6.07) is -0.160. The maximum atomic E-state index is 11.9. The zero-order valence-electron chi connectivity index (χ0n) is 12.0. The number of hydrogen-bond acceptors (Lipinski definition) is 3. The highest BCUT2D eigenvalue weighted by Crippen LogP contribution is 2.48. The van der Waals surface area contributed by atoms with Crippen LogP contribution < -0.4 is 10.6 Å². The average Bonchev–Trinajstić information content (AvgIpc) is 3.28. The molecule has 5 heteroatoms. The van der Waals surface area contributed by atoms with E-state index in [4.69, 9.17) is 4.74 Å². The minimum absolute atomic E-state index is 0.0000950. The van der Waals surface area contributed by atoms with Gasteiger partial charge in [-0.2, -0.15) is 0 Å². The monoisotopic (exact) mass is 270 g/mol. The second-order valence-electron chi connectivity index (χ2n) is 6.40. The number of rotatable bonds is 8. The summed E-state index contributed by atoms with van der Waals surface area (Å²) in [5, 5.41) is 15.3. The average molecular weight is 270 g/mol. The van der Waals surface area contributed by atoms with Gasteiger partial charge in [0.25, 0.3) is 0 Å². The van der Waals surface area contributed by atoms with E-state index in [0.717, 1.165) is 38.7 Å². The smallest absolute Gasteiger partial charge is 0.315 e. The van der Waals surface area contributed by atoms with E-state index in [2.05, 4.69) is 10.6 Å². The summed E-state index contributed by atoms with van der Waals surface area (Å²) in [5.41, 5.74) is -0.212. The summed E-state index contributed by atoms with van der Waals surface area (Å²) >= 11 is 0. The van der Waals surface area contributed by atoms with Gasteiger partial charge >= 0.3 is 6.03 Å². The van der Waals surface area contributed by atoms with Crippen LogP contribution >= 0.6 is 0 Å². The van der Waals surface area contributed by atoms with Crippen LogP contribution in [0.3, 0.4) is 0 Å². The molecule has 0 aliphatic heterocycles. The number of urea groups is 1. The minimum atomic E-state index is -0.465. The third-order valence-corrected chi connectivity index (χ3v) is 4.62. The van der Waals surface area contributed by atoms with Crippen LogP contribution in [-0.2, 0) is 4.74 Å². The molecule has 0 heterocycles. The fourth-order valence-electron chi connectivity index (χ4n) is 2.57. The molecule has 3 N–H and O–H groups in total. The summed E-state index contributed by atoms with van der Waals surface area (Å²) in [6.07, 6.45) is 5.51. The predicted molar refractivity (Wildman–Crippen MR) is 72.9 cm³/mol. The van der Waals surface area contributed by atoms with Gasteiger partial charge in [-0.05, 0) is 50.4 Å². The SMILES string of the molecule is COCCC1(CNC(=O)NC(C)(CO)C2CC2)CC1. The number of amides is 2. The van der Waals surface area contributed by atoms with Crippen molar-refractivity contribution in [2.24, 2.45) is 11.3 Å². The Balaban J connectivity index is 1.72. The molecular weight excluding hydrogens is 244 g/mol. The predicted octanol–water partition coefficient (Wildman–Crippen LogP) is 1.26. The zero-order chi connectivity index (χ0) is 13.9. The van der Waals surface area contributed by atoms with E-state index in [1.54, 1.807) is 7.11 Å². The van der Waals surface area contributed by atoms with Gasteiger partial charge < -0.3 is 20.5 Å². The van der Waals surface area contributed by atoms with E-state index >= 15 is 0 Å². The molecule has 0 aromatic carbocycles. The van der Waals surface area contributed by atoms with Crippen LogP contribution in [0.2, 0.25) is 0 Å². The highest BCUT2D eigenvalue weighted by molar-refractivity contribution is 5.75. The van der Waals surface area contributed by atoms with Crippen molar-refractivity contribution in [3.63, 3.8) is 0 Å². The second kappa shape index (κ2) is 5.67. The molecule has 2 aliphatic rings. The maximum absolute atomic E-state index is 11.9. The van der Waals surface area contributed by atoms with Crippen LogP contribution in [0.1, 0.15) is 39.0 Å². The molecule has 2 saturated carbocycles. The van der Waals surface area contributed by atoms with Crippen LogP contribution in [0.5, 0.6) is 0 Å². The molecule has 0 aromatic rings. The van der Waals surface area contributed by atoms with Gasteiger partial charge in [0.05, 0.1) is 12.1 Å². The van der Waals surface area contributed by atoms with Crippen molar-refractivity contribution < 1.29 is 14.6 Å². The van der Waals surface area contributed by atoms with E-state index in [1.807, 2.05) is 6.92 Å². The number of aliphatic hydroxyl groups excluding tert-OH is 1. The molecule has 0 radical (unpaired) electrons. The van der Waals surface area contributed by atoms with E-state index in [9.17, 15) is 9.90 Å². The van der Waals surface area contributed by atoms with Gasteiger partial charge in [-0.15, -0.1) is 0 Å². The Hall–Kier alpha value is -0.810. The summed E-state index contributed by atoms with van der Waals surface area (Å²) in [5.74, 6) is 0.423. The van der Waals surface area contributed by atoms with Crippen molar-refractivity contribution in [1.29, 1.82) is 0 Å². The lowest BCUT2D eigenvalue weighted by Crippen LogP contribution is -2.54. The topological polar surface area (TPSA) is 70.6 Å². The fraction of sp³-hybridized carbons (Fsp3) is 0.929. The lowest BCUT2D eigenvalue weighted by Gasteiger charge is -2.29. The van der Waals surface area contributed by atoms with Crippen molar-refractivity contribution >= 4 is 6.03 Å². The summed E-state index contributed by atoms with van der Waals surface area (Å²) in [4.78, 5) is 11.9. The third kappa shape index (κ3) is 3.83. The van der Waals surface area contributed by atoms with Gasteiger partial charge in [0.1, 0.15) is 0 Å². The summed E-state index contributed by atoms with van der Waals surface area (Å²) in [7, 11) is 1.71. The highest BCUT2D eigenvalue weighted by Gasteiger charge is 2.44. The van der Waals surface area contributed by atoms with Crippen molar-refractivity contribution in [2.45, 2.75) is 44.6 Å². The molecule has 2 amide bonds. The quantitative estimate of drug-likeness (QED) is 0.622. The molecule has 0 bridgehead atoms. The Morgan fingerprint density at radius 3 is 2.63 bits per heavy atom. The van der Waals surface area contributed by atoms with E-state index < -0.39 is 5.54 Å². The van der Waals surface area contributed by atoms with Gasteiger partial charge in [-0.3, -0.25) is 0 Å².